The molecule has 1 saturated heterocycles. The third-order valence-corrected chi connectivity index (χ3v) is 3.01. The Morgan fingerprint density at radius 3 is 2.58 bits per heavy atom. The Balaban J connectivity index is 1.73. The van der Waals surface area contributed by atoms with Crippen LogP contribution >= 0.6 is 0 Å². The number of carbonyl (C=O) groups excluding carboxylic acids is 1. The Hall–Kier alpha value is -1.73. The first-order valence-corrected chi connectivity index (χ1v) is 6.30. The predicted molar refractivity (Wildman–Crippen MR) is 67.6 cm³/mol. The van der Waals surface area contributed by atoms with E-state index in [9.17, 15) is 4.79 Å². The molecule has 1 N–H and O–H groups in total. The fraction of sp³-hybridized carbons (Fsp3) is 0.583. The second-order valence-electron chi connectivity index (χ2n) is 4.27. The van der Waals surface area contributed by atoms with Crippen LogP contribution in [0.5, 0.6) is 6.01 Å². The Kier molecular flexibility index (Phi) is 5.05. The molecule has 0 aromatic carbocycles. The number of hydrogen-bond donors (Lipinski definition) is 1. The third kappa shape index (κ3) is 4.15. The highest BCUT2D eigenvalue weighted by Crippen LogP contribution is 2.03. The molecule has 0 bridgehead atoms. The Morgan fingerprint density at radius 2 is 1.95 bits per heavy atom. The van der Waals surface area contributed by atoms with Crippen LogP contribution in [0.15, 0.2) is 18.5 Å². The molecule has 104 valence electrons. The van der Waals surface area contributed by atoms with Crippen molar-refractivity contribution in [2.45, 2.75) is 0 Å². The number of aliphatic hydroxyl groups excluding tert-OH is 1. The number of nitrogens with zero attached hydrogens (tertiary/aromatic N) is 4. The highest BCUT2D eigenvalue weighted by molar-refractivity contribution is 5.77. The summed E-state index contributed by atoms with van der Waals surface area (Å²) in [6.45, 7) is 3.68. The largest absolute Gasteiger partial charge is 0.453 e. The van der Waals surface area contributed by atoms with Gasteiger partial charge >= 0.3 is 6.01 Å². The van der Waals surface area contributed by atoms with Crippen molar-refractivity contribution >= 4 is 5.91 Å². The average Bonchev–Trinajstić information content (AvgIpc) is 2.47. The summed E-state index contributed by atoms with van der Waals surface area (Å²) >= 11 is 0. The van der Waals surface area contributed by atoms with Crippen molar-refractivity contribution in [3.05, 3.63) is 18.5 Å². The van der Waals surface area contributed by atoms with E-state index in [0.29, 0.717) is 19.6 Å². The number of hydrogen-bond acceptors (Lipinski definition) is 6. The van der Waals surface area contributed by atoms with Gasteiger partial charge in [0.25, 0.3) is 5.91 Å². The van der Waals surface area contributed by atoms with Crippen LogP contribution in [-0.4, -0.2) is 76.7 Å². The summed E-state index contributed by atoms with van der Waals surface area (Å²) in [7, 11) is 0. The second kappa shape index (κ2) is 7.01. The number of piperazine rings is 1. The van der Waals surface area contributed by atoms with E-state index >= 15 is 0 Å². The number of β-amino-alcohol motifs (C(OH)–C–C–N with tert-alkyl or cyclic N) is 1. The molecule has 1 aromatic heterocycles. The van der Waals surface area contributed by atoms with Gasteiger partial charge in [-0.2, -0.15) is 0 Å². The molecular formula is C12H18N4O3. The summed E-state index contributed by atoms with van der Waals surface area (Å²) in [5.41, 5.74) is 0. The van der Waals surface area contributed by atoms with Gasteiger partial charge in [-0.3, -0.25) is 9.69 Å². The summed E-state index contributed by atoms with van der Waals surface area (Å²) in [6.07, 6.45) is 3.14. The Bertz CT molecular complexity index is 393. The SMILES string of the molecule is O=C(COc1ncccn1)N1CCN(CCO)CC1. The summed E-state index contributed by atoms with van der Waals surface area (Å²) in [4.78, 5) is 23.6. The predicted octanol–water partition coefficient (Wildman–Crippen LogP) is -1.01. The van der Waals surface area contributed by atoms with Crippen LogP contribution in [0.2, 0.25) is 0 Å². The lowest BCUT2D eigenvalue weighted by molar-refractivity contribution is -0.135. The van der Waals surface area contributed by atoms with Crippen molar-refractivity contribution in [1.29, 1.82) is 0 Å². The first kappa shape index (κ1) is 13.7. The van der Waals surface area contributed by atoms with E-state index in [1.807, 2.05) is 0 Å². The van der Waals surface area contributed by atoms with Crippen molar-refractivity contribution in [2.75, 3.05) is 45.9 Å². The zero-order valence-electron chi connectivity index (χ0n) is 10.7. The summed E-state index contributed by atoms with van der Waals surface area (Å²) in [6, 6.07) is 1.91. The lowest BCUT2D eigenvalue weighted by Gasteiger charge is -2.34. The minimum absolute atomic E-state index is 0.0377. The molecule has 1 aliphatic rings. The van der Waals surface area contributed by atoms with Gasteiger partial charge in [0.05, 0.1) is 6.61 Å². The van der Waals surface area contributed by atoms with Crippen molar-refractivity contribution in [2.24, 2.45) is 0 Å². The highest BCUT2D eigenvalue weighted by Gasteiger charge is 2.21. The normalized spacial score (nSPS) is 16.4. The smallest absolute Gasteiger partial charge is 0.316 e. The molecule has 0 spiro atoms. The van der Waals surface area contributed by atoms with Crippen LogP contribution in [0.1, 0.15) is 0 Å². The molecule has 0 radical (unpaired) electrons. The molecule has 2 rings (SSSR count). The van der Waals surface area contributed by atoms with E-state index < -0.39 is 0 Å². The lowest BCUT2D eigenvalue weighted by Crippen LogP contribution is -2.50. The minimum atomic E-state index is -0.0592. The van der Waals surface area contributed by atoms with Gasteiger partial charge in [0.2, 0.25) is 0 Å². The first-order chi connectivity index (χ1) is 9.29. The second-order valence-corrected chi connectivity index (χ2v) is 4.27. The molecule has 1 amide bonds. The van der Waals surface area contributed by atoms with Gasteiger partial charge in [-0.05, 0) is 6.07 Å². The van der Waals surface area contributed by atoms with Gasteiger partial charge in [-0.15, -0.1) is 0 Å². The van der Waals surface area contributed by atoms with Crippen molar-refractivity contribution < 1.29 is 14.6 Å². The van der Waals surface area contributed by atoms with E-state index in [-0.39, 0.29) is 25.1 Å². The lowest BCUT2D eigenvalue weighted by atomic mass is 10.3. The zero-order chi connectivity index (χ0) is 13.5. The zero-order valence-corrected chi connectivity index (χ0v) is 10.7. The standard InChI is InChI=1S/C12H18N4O3/c17-9-8-15-4-6-16(7-5-15)11(18)10-19-12-13-2-1-3-14-12/h1-3,17H,4-10H2. The van der Waals surface area contributed by atoms with Crippen LogP contribution in [-0.2, 0) is 4.79 Å². The number of ether oxygens (including phenoxy) is 1. The van der Waals surface area contributed by atoms with E-state index in [1.165, 1.54) is 0 Å². The summed E-state index contributed by atoms with van der Waals surface area (Å²) < 4.78 is 5.23. The fourth-order valence-electron chi connectivity index (χ4n) is 1.94. The molecule has 0 unspecified atom stereocenters. The topological polar surface area (TPSA) is 78.8 Å². The van der Waals surface area contributed by atoms with Crippen molar-refractivity contribution in [3.8, 4) is 6.01 Å². The van der Waals surface area contributed by atoms with Crippen LogP contribution in [0.25, 0.3) is 0 Å². The van der Waals surface area contributed by atoms with E-state index in [4.69, 9.17) is 9.84 Å². The molecule has 0 saturated carbocycles. The Morgan fingerprint density at radius 1 is 1.26 bits per heavy atom. The van der Waals surface area contributed by atoms with Crippen LogP contribution in [0.4, 0.5) is 0 Å². The van der Waals surface area contributed by atoms with E-state index in [1.54, 1.807) is 23.4 Å². The molecule has 1 aromatic rings. The van der Waals surface area contributed by atoms with Gasteiger partial charge in [-0.1, -0.05) is 0 Å². The maximum Gasteiger partial charge on any atom is 0.316 e. The van der Waals surface area contributed by atoms with Crippen LogP contribution in [0.3, 0.4) is 0 Å². The molecule has 0 atom stereocenters. The van der Waals surface area contributed by atoms with Crippen molar-refractivity contribution in [3.63, 3.8) is 0 Å². The van der Waals surface area contributed by atoms with Gasteiger partial charge in [0, 0.05) is 45.1 Å². The molecule has 1 fully saturated rings. The molecule has 1 aliphatic heterocycles. The maximum absolute atomic E-state index is 11.9. The Labute approximate surface area is 111 Å². The van der Waals surface area contributed by atoms with Crippen LogP contribution in [0, 0.1) is 0 Å². The third-order valence-electron chi connectivity index (χ3n) is 3.01. The molecule has 7 nitrogen and oxygen atoms in total. The van der Waals surface area contributed by atoms with E-state index in [2.05, 4.69) is 14.9 Å². The molecular weight excluding hydrogens is 248 g/mol. The fourth-order valence-corrected chi connectivity index (χ4v) is 1.94. The van der Waals surface area contributed by atoms with Gasteiger partial charge in [-0.25, -0.2) is 9.97 Å². The van der Waals surface area contributed by atoms with Gasteiger partial charge in [0.15, 0.2) is 6.61 Å². The monoisotopic (exact) mass is 266 g/mol. The van der Waals surface area contributed by atoms with Gasteiger partial charge in [0.1, 0.15) is 0 Å². The highest BCUT2D eigenvalue weighted by atomic mass is 16.5. The van der Waals surface area contributed by atoms with Crippen molar-refractivity contribution in [1.82, 2.24) is 19.8 Å². The number of aliphatic hydroxyl groups is 1. The van der Waals surface area contributed by atoms with E-state index in [0.717, 1.165) is 13.1 Å². The quantitative estimate of drug-likeness (QED) is 0.736. The number of amides is 1. The summed E-state index contributed by atoms with van der Waals surface area (Å²) in [5.74, 6) is -0.0592. The summed E-state index contributed by atoms with van der Waals surface area (Å²) in [5, 5.41) is 8.85. The molecule has 19 heavy (non-hydrogen) atoms. The first-order valence-electron chi connectivity index (χ1n) is 6.30. The molecule has 2 heterocycles. The molecule has 0 aliphatic carbocycles. The van der Waals surface area contributed by atoms with Gasteiger partial charge < -0.3 is 14.7 Å². The average molecular weight is 266 g/mol. The van der Waals surface area contributed by atoms with Crippen LogP contribution < -0.4 is 4.74 Å². The minimum Gasteiger partial charge on any atom is -0.453 e. The number of carbonyl (C=O) groups is 1. The number of aromatic nitrogens is 2. The molecule has 7 heteroatoms. The number of rotatable bonds is 5. The maximum atomic E-state index is 11.9.